The molecule has 0 spiro atoms. The van der Waals surface area contributed by atoms with E-state index in [-0.39, 0.29) is 0 Å². The second kappa shape index (κ2) is 6.73. The summed E-state index contributed by atoms with van der Waals surface area (Å²) >= 11 is 1.75. The van der Waals surface area contributed by atoms with E-state index < -0.39 is 0 Å². The van der Waals surface area contributed by atoms with Gasteiger partial charge in [-0.15, -0.1) is 11.3 Å². The highest BCUT2D eigenvalue weighted by Gasteiger charge is 2.05. The molecule has 0 aliphatic heterocycles. The molecule has 0 unspecified atom stereocenters. The second-order valence-corrected chi connectivity index (χ2v) is 6.02. The molecule has 19 heavy (non-hydrogen) atoms. The summed E-state index contributed by atoms with van der Waals surface area (Å²) in [6.45, 7) is 5.54. The fraction of sp³-hybridized carbons (Fsp3) is 0.375. The Balaban J connectivity index is 1.95. The van der Waals surface area contributed by atoms with Crippen molar-refractivity contribution in [1.29, 1.82) is 0 Å². The molecule has 3 heteroatoms. The molecule has 0 saturated carbocycles. The van der Waals surface area contributed by atoms with Crippen molar-refractivity contribution in [3.8, 4) is 5.75 Å². The average Bonchev–Trinajstić information content (AvgIpc) is 2.79. The molecule has 0 atom stereocenters. The number of nitrogens with two attached hydrogens (primary N) is 1. The van der Waals surface area contributed by atoms with Crippen LogP contribution in [0.1, 0.15) is 34.2 Å². The van der Waals surface area contributed by atoms with E-state index >= 15 is 0 Å². The number of hydrogen-bond acceptors (Lipinski definition) is 3. The first-order chi connectivity index (χ1) is 9.22. The third-order valence-corrected chi connectivity index (χ3v) is 4.24. The summed E-state index contributed by atoms with van der Waals surface area (Å²) in [4.78, 5) is 2.51. The van der Waals surface area contributed by atoms with Crippen LogP contribution in [-0.4, -0.2) is 0 Å². The Morgan fingerprint density at radius 2 is 1.95 bits per heavy atom. The molecule has 0 aliphatic rings. The third-order valence-electron chi connectivity index (χ3n) is 3.13. The smallest absolute Gasteiger partial charge is 0.119 e. The van der Waals surface area contributed by atoms with Crippen molar-refractivity contribution in [3.05, 3.63) is 51.2 Å². The van der Waals surface area contributed by atoms with E-state index in [2.05, 4.69) is 44.2 Å². The number of benzene rings is 1. The molecule has 102 valence electrons. The minimum Gasteiger partial charge on any atom is -0.489 e. The van der Waals surface area contributed by atoms with Crippen LogP contribution in [0.4, 0.5) is 0 Å². The second-order valence-electron chi connectivity index (χ2n) is 4.68. The van der Waals surface area contributed by atoms with Gasteiger partial charge in [0.2, 0.25) is 0 Å². The molecule has 1 aromatic heterocycles. The van der Waals surface area contributed by atoms with Crippen LogP contribution >= 0.6 is 11.3 Å². The zero-order valence-electron chi connectivity index (χ0n) is 11.6. The summed E-state index contributed by atoms with van der Waals surface area (Å²) in [6.07, 6.45) is 2.31. The van der Waals surface area contributed by atoms with E-state index in [0.29, 0.717) is 13.2 Å². The van der Waals surface area contributed by atoms with Gasteiger partial charge in [-0.05, 0) is 37.1 Å². The number of hydrogen-bond donors (Lipinski definition) is 1. The van der Waals surface area contributed by atoms with Gasteiger partial charge >= 0.3 is 0 Å². The summed E-state index contributed by atoms with van der Waals surface area (Å²) < 4.78 is 5.83. The van der Waals surface area contributed by atoms with Gasteiger partial charge in [0.1, 0.15) is 12.4 Å². The van der Waals surface area contributed by atoms with Gasteiger partial charge < -0.3 is 10.5 Å². The van der Waals surface area contributed by atoms with Crippen molar-refractivity contribution < 1.29 is 4.74 Å². The van der Waals surface area contributed by atoms with Crippen LogP contribution < -0.4 is 10.5 Å². The van der Waals surface area contributed by atoms with Crippen LogP contribution in [0.5, 0.6) is 5.75 Å². The van der Waals surface area contributed by atoms with Crippen LogP contribution in [0, 0.1) is 6.92 Å². The van der Waals surface area contributed by atoms with Gasteiger partial charge in [0, 0.05) is 21.9 Å². The van der Waals surface area contributed by atoms with E-state index in [4.69, 9.17) is 10.5 Å². The van der Waals surface area contributed by atoms with Crippen molar-refractivity contribution in [2.24, 2.45) is 5.73 Å². The largest absolute Gasteiger partial charge is 0.489 e. The fourth-order valence-corrected chi connectivity index (χ4v) is 2.96. The zero-order valence-corrected chi connectivity index (χ0v) is 12.4. The zero-order chi connectivity index (χ0) is 13.7. The van der Waals surface area contributed by atoms with E-state index in [1.807, 2.05) is 0 Å². The summed E-state index contributed by atoms with van der Waals surface area (Å²) in [5.74, 6) is 0.930. The molecule has 0 saturated heterocycles. The minimum absolute atomic E-state index is 0.608. The van der Waals surface area contributed by atoms with Crippen LogP contribution in [0.15, 0.2) is 30.3 Å². The first-order valence-corrected chi connectivity index (χ1v) is 7.54. The van der Waals surface area contributed by atoms with E-state index in [0.717, 1.165) is 12.2 Å². The maximum atomic E-state index is 5.83. The summed E-state index contributed by atoms with van der Waals surface area (Å²) in [5.41, 5.74) is 8.26. The molecule has 0 amide bonds. The van der Waals surface area contributed by atoms with Gasteiger partial charge in [0.05, 0.1) is 0 Å². The van der Waals surface area contributed by atoms with Gasteiger partial charge in [-0.2, -0.15) is 0 Å². The molecule has 2 rings (SSSR count). The number of ether oxygens (including phenoxy) is 1. The maximum absolute atomic E-state index is 5.83. The molecular formula is C16H21NOS. The Morgan fingerprint density at radius 3 is 2.53 bits per heavy atom. The average molecular weight is 275 g/mol. The summed E-state index contributed by atoms with van der Waals surface area (Å²) in [7, 11) is 0. The molecule has 0 fully saturated rings. The standard InChI is InChI=1S/C16H21NOS/c1-3-4-13-5-7-15(8-6-13)18-11-14-9-16(10-17)19-12(14)2/h5-9H,3-4,10-11,17H2,1-2H3. The van der Waals surface area contributed by atoms with Gasteiger partial charge in [0.15, 0.2) is 0 Å². The van der Waals surface area contributed by atoms with Crippen LogP contribution in [0.25, 0.3) is 0 Å². The van der Waals surface area contributed by atoms with Crippen molar-refractivity contribution in [3.63, 3.8) is 0 Å². The Morgan fingerprint density at radius 1 is 1.21 bits per heavy atom. The molecule has 0 bridgehead atoms. The summed E-state index contributed by atoms with van der Waals surface area (Å²) in [6, 6.07) is 10.5. The normalized spacial score (nSPS) is 10.7. The maximum Gasteiger partial charge on any atom is 0.119 e. The molecular weight excluding hydrogens is 254 g/mol. The van der Waals surface area contributed by atoms with Crippen molar-refractivity contribution in [2.75, 3.05) is 0 Å². The Hall–Kier alpha value is -1.32. The molecule has 2 aromatic rings. The lowest BCUT2D eigenvalue weighted by atomic mass is 10.1. The van der Waals surface area contributed by atoms with Gasteiger partial charge in [0.25, 0.3) is 0 Å². The van der Waals surface area contributed by atoms with E-state index in [9.17, 15) is 0 Å². The lowest BCUT2D eigenvalue weighted by Gasteiger charge is -2.06. The molecule has 0 aliphatic carbocycles. The Bertz CT molecular complexity index is 516. The number of aryl methyl sites for hydroxylation is 2. The highest BCUT2D eigenvalue weighted by molar-refractivity contribution is 7.12. The molecule has 1 aromatic carbocycles. The lowest BCUT2D eigenvalue weighted by Crippen LogP contribution is -1.96. The van der Waals surface area contributed by atoms with Crippen LogP contribution in [0.2, 0.25) is 0 Å². The first-order valence-electron chi connectivity index (χ1n) is 6.73. The molecule has 1 heterocycles. The first kappa shape index (κ1) is 14.1. The van der Waals surface area contributed by atoms with E-state index in [1.54, 1.807) is 11.3 Å². The number of thiophene rings is 1. The Kier molecular flexibility index (Phi) is 5.00. The Labute approximate surface area is 119 Å². The van der Waals surface area contributed by atoms with Crippen molar-refractivity contribution >= 4 is 11.3 Å². The SMILES string of the molecule is CCCc1ccc(OCc2cc(CN)sc2C)cc1. The van der Waals surface area contributed by atoms with Gasteiger partial charge in [-0.1, -0.05) is 25.5 Å². The topological polar surface area (TPSA) is 35.2 Å². The summed E-state index contributed by atoms with van der Waals surface area (Å²) in [5, 5.41) is 0. The molecule has 2 N–H and O–H groups in total. The highest BCUT2D eigenvalue weighted by atomic mass is 32.1. The molecule has 2 nitrogen and oxygen atoms in total. The predicted molar refractivity (Wildman–Crippen MR) is 81.7 cm³/mol. The lowest BCUT2D eigenvalue weighted by molar-refractivity contribution is 0.306. The highest BCUT2D eigenvalue weighted by Crippen LogP contribution is 2.23. The fourth-order valence-electron chi connectivity index (χ4n) is 2.03. The quantitative estimate of drug-likeness (QED) is 0.863. The monoisotopic (exact) mass is 275 g/mol. The third kappa shape index (κ3) is 3.82. The van der Waals surface area contributed by atoms with Gasteiger partial charge in [-0.25, -0.2) is 0 Å². The van der Waals surface area contributed by atoms with Crippen molar-refractivity contribution in [2.45, 2.75) is 39.8 Å². The van der Waals surface area contributed by atoms with Crippen LogP contribution in [-0.2, 0) is 19.6 Å². The number of rotatable bonds is 6. The van der Waals surface area contributed by atoms with Crippen LogP contribution in [0.3, 0.4) is 0 Å². The molecule has 0 radical (unpaired) electrons. The van der Waals surface area contributed by atoms with Gasteiger partial charge in [-0.3, -0.25) is 0 Å². The van der Waals surface area contributed by atoms with Crippen molar-refractivity contribution in [1.82, 2.24) is 0 Å². The predicted octanol–water partition coefficient (Wildman–Crippen LogP) is 4.05. The van der Waals surface area contributed by atoms with E-state index in [1.165, 1.54) is 27.3 Å². The minimum atomic E-state index is 0.608.